The minimum Gasteiger partial charge on any atom is -0.298 e. The Morgan fingerprint density at radius 1 is 1.10 bits per heavy atom. The lowest BCUT2D eigenvalue weighted by Gasteiger charge is -2.48. The van der Waals surface area contributed by atoms with Gasteiger partial charge in [0.2, 0.25) is 0 Å². The van der Waals surface area contributed by atoms with Crippen molar-refractivity contribution < 1.29 is 0 Å². The quantitative estimate of drug-likeness (QED) is 0.865. The van der Waals surface area contributed by atoms with Crippen molar-refractivity contribution in [1.82, 2.24) is 14.8 Å². The minimum atomic E-state index is 0.569. The summed E-state index contributed by atoms with van der Waals surface area (Å²) >= 11 is 1.87. The number of rotatable bonds is 4. The first-order valence-electron chi connectivity index (χ1n) is 7.67. The monoisotopic (exact) mass is 299 g/mol. The maximum Gasteiger partial charge on any atom is 0.0328 e. The summed E-state index contributed by atoms with van der Waals surface area (Å²) in [6.07, 6.45) is 5.20. The molecule has 0 N–H and O–H groups in total. The van der Waals surface area contributed by atoms with E-state index in [1.165, 1.54) is 43.0 Å². The van der Waals surface area contributed by atoms with E-state index in [-0.39, 0.29) is 0 Å². The van der Waals surface area contributed by atoms with Crippen LogP contribution in [0.5, 0.6) is 0 Å². The van der Waals surface area contributed by atoms with Gasteiger partial charge in [-0.15, -0.1) is 11.3 Å². The lowest BCUT2D eigenvalue weighted by molar-refractivity contribution is 0.00232. The van der Waals surface area contributed by atoms with Crippen LogP contribution in [0.15, 0.2) is 42.0 Å². The summed E-state index contributed by atoms with van der Waals surface area (Å²) in [5.74, 6) is 0. The first-order valence-corrected chi connectivity index (χ1v) is 8.55. The predicted octanol–water partition coefficient (Wildman–Crippen LogP) is 2.85. The number of likely N-dealkylation sites (tertiary alicyclic amines) is 2. The van der Waals surface area contributed by atoms with Crippen LogP contribution in [0.3, 0.4) is 0 Å². The first kappa shape index (κ1) is 13.4. The maximum atomic E-state index is 4.22. The van der Waals surface area contributed by atoms with E-state index in [1.807, 2.05) is 29.8 Å². The summed E-state index contributed by atoms with van der Waals surface area (Å²) in [7, 11) is 0. The number of thiophene rings is 1. The van der Waals surface area contributed by atoms with Gasteiger partial charge < -0.3 is 0 Å². The maximum absolute atomic E-state index is 4.22. The molecule has 2 fully saturated rings. The molecule has 2 aromatic heterocycles. The van der Waals surface area contributed by atoms with E-state index < -0.39 is 0 Å². The fraction of sp³-hybridized carbons (Fsp3) is 0.471. The van der Waals surface area contributed by atoms with Gasteiger partial charge in [-0.05, 0) is 36.0 Å². The van der Waals surface area contributed by atoms with E-state index in [9.17, 15) is 0 Å². The van der Waals surface area contributed by atoms with Gasteiger partial charge in [0.1, 0.15) is 0 Å². The molecule has 0 unspecified atom stereocenters. The van der Waals surface area contributed by atoms with Crippen molar-refractivity contribution in [2.75, 3.05) is 26.2 Å². The minimum absolute atomic E-state index is 0.569. The van der Waals surface area contributed by atoms with E-state index in [0.29, 0.717) is 5.41 Å². The summed E-state index contributed by atoms with van der Waals surface area (Å²) in [5, 5.41) is 2.18. The molecular weight excluding hydrogens is 278 g/mol. The van der Waals surface area contributed by atoms with Crippen molar-refractivity contribution in [3.63, 3.8) is 0 Å². The Hall–Kier alpha value is -1.23. The van der Waals surface area contributed by atoms with Crippen LogP contribution in [0, 0.1) is 5.41 Å². The molecule has 0 aliphatic carbocycles. The van der Waals surface area contributed by atoms with Crippen LogP contribution >= 0.6 is 11.3 Å². The van der Waals surface area contributed by atoms with Gasteiger partial charge in [0.15, 0.2) is 0 Å². The fourth-order valence-corrected chi connectivity index (χ4v) is 4.55. The molecule has 21 heavy (non-hydrogen) atoms. The van der Waals surface area contributed by atoms with E-state index in [1.54, 1.807) is 0 Å². The van der Waals surface area contributed by atoms with Crippen molar-refractivity contribution in [1.29, 1.82) is 0 Å². The highest BCUT2D eigenvalue weighted by Gasteiger charge is 2.47. The van der Waals surface area contributed by atoms with Crippen LogP contribution in [0.2, 0.25) is 0 Å². The van der Waals surface area contributed by atoms with Gasteiger partial charge in [0.25, 0.3) is 0 Å². The van der Waals surface area contributed by atoms with Crippen molar-refractivity contribution >= 4 is 11.3 Å². The molecule has 4 heterocycles. The number of hydrogen-bond donors (Lipinski definition) is 0. The third-order valence-electron chi connectivity index (χ3n) is 4.72. The largest absolute Gasteiger partial charge is 0.298 e. The molecule has 0 amide bonds. The average molecular weight is 299 g/mol. The van der Waals surface area contributed by atoms with E-state index in [0.717, 1.165) is 13.1 Å². The summed E-state index contributed by atoms with van der Waals surface area (Å²) in [4.78, 5) is 10.9. The van der Waals surface area contributed by atoms with Crippen molar-refractivity contribution in [3.05, 3.63) is 52.5 Å². The molecule has 2 aliphatic rings. The lowest BCUT2D eigenvalue weighted by Crippen LogP contribution is -2.56. The molecule has 2 saturated heterocycles. The Kier molecular flexibility index (Phi) is 3.53. The Bertz CT molecular complexity index is 575. The molecule has 0 atom stereocenters. The highest BCUT2D eigenvalue weighted by molar-refractivity contribution is 7.09. The Morgan fingerprint density at radius 3 is 2.76 bits per heavy atom. The van der Waals surface area contributed by atoms with Crippen LogP contribution in [-0.2, 0) is 13.1 Å². The molecule has 0 saturated carbocycles. The molecule has 2 aliphatic heterocycles. The fourth-order valence-electron chi connectivity index (χ4n) is 3.81. The van der Waals surface area contributed by atoms with E-state index in [4.69, 9.17) is 0 Å². The van der Waals surface area contributed by atoms with Crippen LogP contribution in [0.1, 0.15) is 16.9 Å². The van der Waals surface area contributed by atoms with E-state index >= 15 is 0 Å². The number of aromatic nitrogens is 1. The zero-order valence-corrected chi connectivity index (χ0v) is 13.1. The second kappa shape index (κ2) is 5.52. The Balaban J connectivity index is 1.29. The second-order valence-electron chi connectivity index (χ2n) is 6.55. The number of nitrogens with zero attached hydrogens (tertiary/aromatic N) is 3. The molecule has 0 radical (unpaired) electrons. The van der Waals surface area contributed by atoms with Crippen LogP contribution in [0.4, 0.5) is 0 Å². The molecule has 2 aromatic rings. The van der Waals surface area contributed by atoms with Gasteiger partial charge >= 0.3 is 0 Å². The lowest BCUT2D eigenvalue weighted by atomic mass is 9.79. The topological polar surface area (TPSA) is 19.4 Å². The molecular formula is C17H21N3S. The summed E-state index contributed by atoms with van der Waals surface area (Å²) in [6, 6.07) is 8.62. The second-order valence-corrected chi connectivity index (χ2v) is 7.58. The van der Waals surface area contributed by atoms with Gasteiger partial charge in [-0.1, -0.05) is 12.1 Å². The highest BCUT2D eigenvalue weighted by Crippen LogP contribution is 2.40. The van der Waals surface area contributed by atoms with Gasteiger partial charge in [-0.25, -0.2) is 0 Å². The SMILES string of the molecule is c1cncc(CN2CCC3(C2)CN(Cc2cccs2)C3)c1. The normalized spacial score (nSPS) is 21.7. The average Bonchev–Trinajstić information content (AvgIpc) is 3.10. The van der Waals surface area contributed by atoms with Crippen molar-refractivity contribution in [2.45, 2.75) is 19.5 Å². The van der Waals surface area contributed by atoms with Gasteiger partial charge in [0, 0.05) is 55.4 Å². The van der Waals surface area contributed by atoms with Crippen molar-refractivity contribution in [3.8, 4) is 0 Å². The van der Waals surface area contributed by atoms with Crippen LogP contribution < -0.4 is 0 Å². The molecule has 4 rings (SSSR count). The first-order chi connectivity index (χ1) is 10.3. The number of hydrogen-bond acceptors (Lipinski definition) is 4. The summed E-state index contributed by atoms with van der Waals surface area (Å²) in [6.45, 7) is 7.23. The Morgan fingerprint density at radius 2 is 2.00 bits per heavy atom. The highest BCUT2D eigenvalue weighted by atomic mass is 32.1. The molecule has 0 bridgehead atoms. The number of pyridine rings is 1. The van der Waals surface area contributed by atoms with Gasteiger partial charge in [-0.3, -0.25) is 14.8 Å². The van der Waals surface area contributed by atoms with Gasteiger partial charge in [-0.2, -0.15) is 0 Å². The van der Waals surface area contributed by atoms with E-state index in [2.05, 4.69) is 38.4 Å². The third-order valence-corrected chi connectivity index (χ3v) is 5.59. The third kappa shape index (κ3) is 2.89. The molecule has 110 valence electrons. The van der Waals surface area contributed by atoms with Crippen LogP contribution in [-0.4, -0.2) is 41.0 Å². The summed E-state index contributed by atoms with van der Waals surface area (Å²) in [5.41, 5.74) is 1.91. The van der Waals surface area contributed by atoms with Gasteiger partial charge in [0.05, 0.1) is 0 Å². The zero-order chi connectivity index (χ0) is 14.1. The molecule has 4 heteroatoms. The van der Waals surface area contributed by atoms with Crippen LogP contribution in [0.25, 0.3) is 0 Å². The smallest absolute Gasteiger partial charge is 0.0328 e. The van der Waals surface area contributed by atoms with Crippen molar-refractivity contribution in [2.24, 2.45) is 5.41 Å². The molecule has 0 aromatic carbocycles. The molecule has 3 nitrogen and oxygen atoms in total. The standard InChI is InChI=1S/C17H21N3S/c1-3-15(9-18-6-1)10-19-7-5-17(12-19)13-20(14-17)11-16-4-2-8-21-16/h1-4,6,8-9H,5,7,10-14H2. The summed E-state index contributed by atoms with van der Waals surface area (Å²) < 4.78 is 0. The Labute approximate surface area is 130 Å². The zero-order valence-electron chi connectivity index (χ0n) is 12.2. The molecule has 1 spiro atoms. The predicted molar refractivity (Wildman–Crippen MR) is 86.2 cm³/mol.